The normalized spacial score (nSPS) is 20.9. The molecule has 29 heavy (non-hydrogen) atoms. The van der Waals surface area contributed by atoms with Crippen molar-refractivity contribution >= 4 is 11.9 Å². The molecule has 2 saturated heterocycles. The van der Waals surface area contributed by atoms with E-state index in [1.165, 1.54) is 0 Å². The van der Waals surface area contributed by atoms with E-state index in [1.807, 2.05) is 0 Å². The summed E-state index contributed by atoms with van der Waals surface area (Å²) in [6, 6.07) is 0.364. The van der Waals surface area contributed by atoms with Crippen LogP contribution >= 0.6 is 0 Å². The van der Waals surface area contributed by atoms with Crippen molar-refractivity contribution in [3.05, 3.63) is 0 Å². The van der Waals surface area contributed by atoms with Gasteiger partial charge in [-0.2, -0.15) is 0 Å². The first-order chi connectivity index (χ1) is 14.0. The first-order valence-corrected chi connectivity index (χ1v) is 11.5. The Hall–Kier alpha value is -1.34. The molecule has 0 radical (unpaired) electrons. The number of nitrogens with zero attached hydrogens (tertiary/aromatic N) is 3. The largest absolute Gasteiger partial charge is 0.381 e. The molecule has 2 fully saturated rings. The van der Waals surface area contributed by atoms with E-state index in [1.54, 1.807) is 0 Å². The summed E-state index contributed by atoms with van der Waals surface area (Å²) in [5, 5.41) is 7.03. The second-order valence-electron chi connectivity index (χ2n) is 8.68. The predicted molar refractivity (Wildman–Crippen MR) is 119 cm³/mol. The summed E-state index contributed by atoms with van der Waals surface area (Å²) in [7, 11) is 4.29. The average Bonchev–Trinajstić information content (AvgIpc) is 2.74. The number of hydrogen-bond donors (Lipinski definition) is 2. The van der Waals surface area contributed by atoms with Crippen LogP contribution in [-0.2, 0) is 9.53 Å². The molecule has 168 valence electrons. The molecule has 0 aliphatic carbocycles. The Balaban J connectivity index is 1.92. The first-order valence-electron chi connectivity index (χ1n) is 11.5. The molecular weight excluding hydrogens is 366 g/mol. The van der Waals surface area contributed by atoms with Gasteiger partial charge in [0.25, 0.3) is 0 Å². The van der Waals surface area contributed by atoms with Crippen LogP contribution in [0.3, 0.4) is 0 Å². The van der Waals surface area contributed by atoms with Crippen LogP contribution < -0.4 is 10.6 Å². The number of ether oxygens (including phenoxy) is 1. The van der Waals surface area contributed by atoms with Crippen LogP contribution in [0.5, 0.6) is 0 Å². The molecule has 2 aliphatic rings. The minimum Gasteiger partial charge on any atom is -0.381 e. The molecule has 0 bridgehead atoms. The Morgan fingerprint density at radius 3 is 2.31 bits per heavy atom. The van der Waals surface area contributed by atoms with Crippen molar-refractivity contribution in [3.8, 4) is 0 Å². The molecule has 0 aromatic carbocycles. The number of carbonyl (C=O) groups is 1. The van der Waals surface area contributed by atoms with Crippen LogP contribution in [0.2, 0.25) is 0 Å². The lowest BCUT2D eigenvalue weighted by Crippen LogP contribution is -2.53. The van der Waals surface area contributed by atoms with Crippen LogP contribution in [0, 0.1) is 5.92 Å². The summed E-state index contributed by atoms with van der Waals surface area (Å²) in [6.45, 7) is 11.2. The highest BCUT2D eigenvalue weighted by Gasteiger charge is 2.35. The van der Waals surface area contributed by atoms with E-state index in [9.17, 15) is 4.79 Å². The van der Waals surface area contributed by atoms with E-state index in [0.717, 1.165) is 83.9 Å². The quantitative estimate of drug-likeness (QED) is 0.475. The molecule has 0 saturated carbocycles. The molecule has 2 aliphatic heterocycles. The SMILES string of the molecule is CCNC(=NCC1(N(C)C)CCOCC1)NC1CCN(C(=O)C(CC)CC)CC1. The number of rotatable bonds is 8. The van der Waals surface area contributed by atoms with Crippen molar-refractivity contribution in [1.29, 1.82) is 0 Å². The Morgan fingerprint density at radius 1 is 1.17 bits per heavy atom. The zero-order chi connectivity index (χ0) is 21.3. The van der Waals surface area contributed by atoms with Gasteiger partial charge >= 0.3 is 0 Å². The van der Waals surface area contributed by atoms with E-state index in [0.29, 0.717) is 11.9 Å². The van der Waals surface area contributed by atoms with E-state index in [-0.39, 0.29) is 11.5 Å². The van der Waals surface area contributed by atoms with Crippen LogP contribution in [0.4, 0.5) is 0 Å². The molecule has 1 amide bonds. The fourth-order valence-corrected chi connectivity index (χ4v) is 4.38. The van der Waals surface area contributed by atoms with Gasteiger partial charge in [-0.25, -0.2) is 0 Å². The first kappa shape index (κ1) is 23.9. The highest BCUT2D eigenvalue weighted by molar-refractivity contribution is 5.80. The molecule has 0 aromatic rings. The van der Waals surface area contributed by atoms with Gasteiger partial charge < -0.3 is 25.2 Å². The van der Waals surface area contributed by atoms with Gasteiger partial charge in [0, 0.05) is 50.3 Å². The van der Waals surface area contributed by atoms with Gasteiger partial charge in [0.05, 0.1) is 6.54 Å². The average molecular weight is 410 g/mol. The third-order valence-electron chi connectivity index (χ3n) is 6.73. The van der Waals surface area contributed by atoms with Crippen molar-refractivity contribution in [2.24, 2.45) is 10.9 Å². The molecule has 7 heteroatoms. The van der Waals surface area contributed by atoms with Crippen molar-refractivity contribution in [3.63, 3.8) is 0 Å². The van der Waals surface area contributed by atoms with Crippen molar-refractivity contribution in [2.75, 3.05) is 53.5 Å². The maximum Gasteiger partial charge on any atom is 0.225 e. The lowest BCUT2D eigenvalue weighted by atomic mass is 9.89. The van der Waals surface area contributed by atoms with Gasteiger partial charge in [0.15, 0.2) is 5.96 Å². The maximum atomic E-state index is 12.6. The molecule has 7 nitrogen and oxygen atoms in total. The number of amides is 1. The third-order valence-corrected chi connectivity index (χ3v) is 6.73. The molecule has 0 aromatic heterocycles. The second kappa shape index (κ2) is 11.7. The zero-order valence-corrected chi connectivity index (χ0v) is 19.3. The Kier molecular flexibility index (Phi) is 9.69. The summed E-state index contributed by atoms with van der Waals surface area (Å²) in [5.41, 5.74) is 0.0751. The topological polar surface area (TPSA) is 69.2 Å². The van der Waals surface area contributed by atoms with Crippen molar-refractivity contribution in [1.82, 2.24) is 20.4 Å². The number of likely N-dealkylation sites (N-methyl/N-ethyl adjacent to an activating group) is 1. The van der Waals surface area contributed by atoms with Crippen LogP contribution in [-0.4, -0.2) is 86.7 Å². The Bertz CT molecular complexity index is 519. The standard InChI is InChI=1S/C22H43N5O2/c1-6-18(7-2)20(28)27-13-9-19(10-14-27)25-21(23-8-3)24-17-22(26(4)5)11-15-29-16-12-22/h18-19H,6-17H2,1-5H3,(H2,23,24,25). The van der Waals surface area contributed by atoms with E-state index >= 15 is 0 Å². The molecule has 2 heterocycles. The van der Waals surface area contributed by atoms with Crippen molar-refractivity contribution < 1.29 is 9.53 Å². The number of carbonyl (C=O) groups excluding carboxylic acids is 1. The Morgan fingerprint density at radius 2 is 1.79 bits per heavy atom. The summed E-state index contributed by atoms with van der Waals surface area (Å²) in [4.78, 5) is 21.9. The summed E-state index contributed by atoms with van der Waals surface area (Å²) in [5.74, 6) is 1.41. The number of likely N-dealkylation sites (tertiary alicyclic amines) is 1. The van der Waals surface area contributed by atoms with Crippen LogP contribution in [0.15, 0.2) is 4.99 Å². The second-order valence-corrected chi connectivity index (χ2v) is 8.68. The number of aliphatic imine (C=N–C) groups is 1. The van der Waals surface area contributed by atoms with Gasteiger partial charge in [-0.15, -0.1) is 0 Å². The fraction of sp³-hybridized carbons (Fsp3) is 0.909. The number of guanidine groups is 1. The molecule has 0 unspecified atom stereocenters. The predicted octanol–water partition coefficient (Wildman–Crippen LogP) is 2.08. The molecule has 2 N–H and O–H groups in total. The lowest BCUT2D eigenvalue weighted by molar-refractivity contribution is -0.136. The van der Waals surface area contributed by atoms with Gasteiger partial charge in [0.1, 0.15) is 0 Å². The molecule has 0 atom stereocenters. The zero-order valence-electron chi connectivity index (χ0n) is 19.3. The highest BCUT2D eigenvalue weighted by Crippen LogP contribution is 2.26. The minimum atomic E-state index is 0.0751. The summed E-state index contributed by atoms with van der Waals surface area (Å²) < 4.78 is 5.57. The molecular formula is C22H43N5O2. The lowest BCUT2D eigenvalue weighted by Gasteiger charge is -2.42. The molecule has 0 spiro atoms. The number of piperidine rings is 1. The Labute approximate surface area is 177 Å². The summed E-state index contributed by atoms with van der Waals surface area (Å²) >= 11 is 0. The molecule has 2 rings (SSSR count). The highest BCUT2D eigenvalue weighted by atomic mass is 16.5. The van der Waals surface area contributed by atoms with Gasteiger partial charge in [-0.05, 0) is 59.5 Å². The van der Waals surface area contributed by atoms with Crippen LogP contribution in [0.1, 0.15) is 59.3 Å². The van der Waals surface area contributed by atoms with Gasteiger partial charge in [0.2, 0.25) is 5.91 Å². The van der Waals surface area contributed by atoms with E-state index < -0.39 is 0 Å². The van der Waals surface area contributed by atoms with Gasteiger partial charge in [-0.1, -0.05) is 13.8 Å². The summed E-state index contributed by atoms with van der Waals surface area (Å²) in [6.07, 6.45) is 5.84. The van der Waals surface area contributed by atoms with Crippen LogP contribution in [0.25, 0.3) is 0 Å². The van der Waals surface area contributed by atoms with E-state index in [4.69, 9.17) is 9.73 Å². The maximum absolute atomic E-state index is 12.6. The van der Waals surface area contributed by atoms with Crippen molar-refractivity contribution in [2.45, 2.75) is 70.9 Å². The minimum absolute atomic E-state index is 0.0751. The smallest absolute Gasteiger partial charge is 0.225 e. The third kappa shape index (κ3) is 6.57. The number of nitrogens with one attached hydrogen (secondary N) is 2. The van der Waals surface area contributed by atoms with E-state index in [2.05, 4.69) is 55.3 Å². The fourth-order valence-electron chi connectivity index (χ4n) is 4.38. The van der Waals surface area contributed by atoms with Gasteiger partial charge in [-0.3, -0.25) is 9.79 Å². The number of hydrogen-bond acceptors (Lipinski definition) is 4. The monoisotopic (exact) mass is 409 g/mol.